The van der Waals surface area contributed by atoms with Crippen LogP contribution in [-0.2, 0) is 11.3 Å². The molecular formula is C12H19BrN2OS. The molecule has 0 aliphatic carbocycles. The predicted molar refractivity (Wildman–Crippen MR) is 76.3 cm³/mol. The number of nitrogens with zero attached hydrogens (tertiary/aromatic N) is 2. The molecule has 0 aliphatic rings. The Labute approximate surface area is 116 Å². The van der Waals surface area contributed by atoms with E-state index in [1.165, 1.54) is 4.88 Å². The number of halogens is 1. The third kappa shape index (κ3) is 5.19. The average Bonchev–Trinajstić information content (AvgIpc) is 2.64. The molecule has 0 unspecified atom stereocenters. The van der Waals surface area contributed by atoms with E-state index in [1.807, 2.05) is 0 Å². The highest BCUT2D eigenvalue weighted by Crippen LogP contribution is 2.23. The lowest BCUT2D eigenvalue weighted by molar-refractivity contribution is -0.130. The Morgan fingerprint density at radius 3 is 2.59 bits per heavy atom. The van der Waals surface area contributed by atoms with Crippen molar-refractivity contribution in [3.63, 3.8) is 0 Å². The molecule has 96 valence electrons. The van der Waals surface area contributed by atoms with E-state index < -0.39 is 0 Å². The van der Waals surface area contributed by atoms with Crippen LogP contribution in [0.5, 0.6) is 0 Å². The number of rotatable bonds is 6. The van der Waals surface area contributed by atoms with Gasteiger partial charge in [0.1, 0.15) is 0 Å². The molecule has 5 heteroatoms. The van der Waals surface area contributed by atoms with Crippen molar-refractivity contribution in [2.75, 3.05) is 27.2 Å². The molecule has 1 amide bonds. The fraction of sp³-hybridized carbons (Fsp3) is 0.583. The van der Waals surface area contributed by atoms with Crippen LogP contribution in [0.25, 0.3) is 0 Å². The minimum absolute atomic E-state index is 0.161. The van der Waals surface area contributed by atoms with Gasteiger partial charge in [-0.15, -0.1) is 11.3 Å². The third-order valence-electron chi connectivity index (χ3n) is 2.41. The Balaban J connectivity index is 2.56. The third-order valence-corrected chi connectivity index (χ3v) is 4.01. The van der Waals surface area contributed by atoms with Crippen molar-refractivity contribution in [3.8, 4) is 0 Å². The van der Waals surface area contributed by atoms with Gasteiger partial charge in [0.2, 0.25) is 5.91 Å². The quantitative estimate of drug-likeness (QED) is 0.805. The maximum absolute atomic E-state index is 11.7. The van der Waals surface area contributed by atoms with E-state index in [-0.39, 0.29) is 5.91 Å². The zero-order chi connectivity index (χ0) is 12.8. The summed E-state index contributed by atoms with van der Waals surface area (Å²) in [6.45, 7) is 4.44. The molecule has 1 heterocycles. The summed E-state index contributed by atoms with van der Waals surface area (Å²) >= 11 is 5.19. The first-order valence-corrected chi connectivity index (χ1v) is 7.30. The zero-order valence-electron chi connectivity index (χ0n) is 10.6. The number of hydrogen-bond donors (Lipinski definition) is 0. The molecule has 0 N–H and O–H groups in total. The molecule has 0 aliphatic heterocycles. The van der Waals surface area contributed by atoms with Gasteiger partial charge in [0, 0.05) is 25.5 Å². The van der Waals surface area contributed by atoms with Crippen LogP contribution in [-0.4, -0.2) is 42.9 Å². The molecule has 0 aromatic carbocycles. The summed E-state index contributed by atoms with van der Waals surface area (Å²) in [7, 11) is 3.60. The van der Waals surface area contributed by atoms with E-state index >= 15 is 0 Å². The lowest BCUT2D eigenvalue weighted by Gasteiger charge is -2.22. The van der Waals surface area contributed by atoms with Crippen molar-refractivity contribution in [2.45, 2.75) is 19.9 Å². The fourth-order valence-electron chi connectivity index (χ4n) is 1.52. The van der Waals surface area contributed by atoms with Crippen molar-refractivity contribution in [2.24, 2.45) is 0 Å². The second kappa shape index (κ2) is 7.13. The van der Waals surface area contributed by atoms with Crippen LogP contribution in [0.3, 0.4) is 0 Å². The minimum atomic E-state index is 0.161. The van der Waals surface area contributed by atoms with Crippen molar-refractivity contribution in [1.82, 2.24) is 9.80 Å². The summed E-state index contributed by atoms with van der Waals surface area (Å²) in [5.41, 5.74) is 0. The highest BCUT2D eigenvalue weighted by molar-refractivity contribution is 9.11. The molecule has 0 bridgehead atoms. The number of hydrogen-bond acceptors (Lipinski definition) is 3. The van der Waals surface area contributed by atoms with Gasteiger partial charge in [-0.1, -0.05) is 6.92 Å². The topological polar surface area (TPSA) is 23.6 Å². The normalized spacial score (nSPS) is 10.9. The maximum Gasteiger partial charge on any atom is 0.236 e. The van der Waals surface area contributed by atoms with Crippen LogP contribution >= 0.6 is 27.3 Å². The standard InChI is InChI=1S/C12H19BrN2OS/c1-4-7-15(9-12(16)14(2)3)8-10-5-6-11(13)17-10/h5-6H,4,7-9H2,1-3H3. The Hall–Kier alpha value is -0.390. The molecular weight excluding hydrogens is 300 g/mol. The molecule has 0 atom stereocenters. The zero-order valence-corrected chi connectivity index (χ0v) is 13.0. The molecule has 0 fully saturated rings. The van der Waals surface area contributed by atoms with E-state index in [9.17, 15) is 4.79 Å². The smallest absolute Gasteiger partial charge is 0.236 e. The van der Waals surface area contributed by atoms with Gasteiger partial charge in [-0.2, -0.15) is 0 Å². The van der Waals surface area contributed by atoms with Crippen LogP contribution in [0.2, 0.25) is 0 Å². The van der Waals surface area contributed by atoms with Gasteiger partial charge in [0.15, 0.2) is 0 Å². The highest BCUT2D eigenvalue weighted by atomic mass is 79.9. The van der Waals surface area contributed by atoms with Gasteiger partial charge in [-0.05, 0) is 41.0 Å². The van der Waals surface area contributed by atoms with Crippen molar-refractivity contribution in [1.29, 1.82) is 0 Å². The van der Waals surface area contributed by atoms with Gasteiger partial charge >= 0.3 is 0 Å². The van der Waals surface area contributed by atoms with E-state index in [1.54, 1.807) is 30.3 Å². The lowest BCUT2D eigenvalue weighted by atomic mass is 10.3. The van der Waals surface area contributed by atoms with Gasteiger partial charge < -0.3 is 4.90 Å². The van der Waals surface area contributed by atoms with Crippen LogP contribution in [0.4, 0.5) is 0 Å². The summed E-state index contributed by atoms with van der Waals surface area (Å²) < 4.78 is 1.14. The Morgan fingerprint density at radius 2 is 2.12 bits per heavy atom. The van der Waals surface area contributed by atoms with E-state index in [0.717, 1.165) is 23.3 Å². The summed E-state index contributed by atoms with van der Waals surface area (Å²) in [6.07, 6.45) is 1.06. The first-order chi connectivity index (χ1) is 8.02. The largest absolute Gasteiger partial charge is 0.348 e. The molecule has 3 nitrogen and oxygen atoms in total. The molecule has 0 saturated heterocycles. The van der Waals surface area contributed by atoms with Crippen LogP contribution in [0, 0.1) is 0 Å². The minimum Gasteiger partial charge on any atom is -0.348 e. The monoisotopic (exact) mass is 318 g/mol. The fourth-order valence-corrected chi connectivity index (χ4v) is 3.05. The van der Waals surface area contributed by atoms with Gasteiger partial charge in [-0.3, -0.25) is 9.69 Å². The highest BCUT2D eigenvalue weighted by Gasteiger charge is 2.12. The molecule has 0 radical (unpaired) electrons. The van der Waals surface area contributed by atoms with E-state index in [2.05, 4.69) is 39.9 Å². The van der Waals surface area contributed by atoms with Gasteiger partial charge in [0.05, 0.1) is 10.3 Å². The SMILES string of the molecule is CCCN(CC(=O)N(C)C)Cc1ccc(Br)s1. The van der Waals surface area contributed by atoms with E-state index in [0.29, 0.717) is 6.54 Å². The summed E-state index contributed by atoms with van der Waals surface area (Å²) in [4.78, 5) is 16.8. The molecule has 0 saturated carbocycles. The van der Waals surface area contributed by atoms with Gasteiger partial charge in [-0.25, -0.2) is 0 Å². The first kappa shape index (κ1) is 14.7. The maximum atomic E-state index is 11.7. The molecule has 1 aromatic heterocycles. The van der Waals surface area contributed by atoms with Crippen LogP contribution in [0.1, 0.15) is 18.2 Å². The number of amides is 1. The lowest BCUT2D eigenvalue weighted by Crippen LogP contribution is -2.36. The van der Waals surface area contributed by atoms with Crippen LogP contribution < -0.4 is 0 Å². The number of thiophene rings is 1. The van der Waals surface area contributed by atoms with Gasteiger partial charge in [0.25, 0.3) is 0 Å². The summed E-state index contributed by atoms with van der Waals surface area (Å²) in [5.74, 6) is 0.161. The van der Waals surface area contributed by atoms with E-state index in [4.69, 9.17) is 0 Å². The van der Waals surface area contributed by atoms with Crippen LogP contribution in [0.15, 0.2) is 15.9 Å². The number of carbonyl (C=O) groups excluding carboxylic acids is 1. The summed E-state index contributed by atoms with van der Waals surface area (Å²) in [6, 6.07) is 4.16. The Kier molecular flexibility index (Phi) is 6.16. The number of likely N-dealkylation sites (N-methyl/N-ethyl adjacent to an activating group) is 1. The van der Waals surface area contributed by atoms with Crippen molar-refractivity contribution in [3.05, 3.63) is 20.8 Å². The Morgan fingerprint density at radius 1 is 1.41 bits per heavy atom. The number of carbonyl (C=O) groups is 1. The first-order valence-electron chi connectivity index (χ1n) is 5.69. The second-order valence-electron chi connectivity index (χ2n) is 4.20. The molecule has 1 aromatic rings. The van der Waals surface area contributed by atoms with Crippen molar-refractivity contribution >= 4 is 33.2 Å². The Bertz CT molecular complexity index is 365. The predicted octanol–water partition coefficient (Wildman–Crippen LogP) is 2.81. The average molecular weight is 319 g/mol. The van der Waals surface area contributed by atoms with Crippen molar-refractivity contribution < 1.29 is 4.79 Å². The molecule has 1 rings (SSSR count). The second-order valence-corrected chi connectivity index (χ2v) is 6.75. The molecule has 0 spiro atoms. The summed E-state index contributed by atoms with van der Waals surface area (Å²) in [5, 5.41) is 0. The molecule has 17 heavy (non-hydrogen) atoms.